The Bertz CT molecular complexity index is 1140. The molecule has 1 aliphatic rings. The summed E-state index contributed by atoms with van der Waals surface area (Å²) in [5.41, 5.74) is 3.72. The number of aromatic amines is 1. The monoisotopic (exact) mass is 441 g/mol. The molecular formula is C20H19N5O3S2. The number of H-pyrrole nitrogens is 1. The van der Waals surface area contributed by atoms with Crippen molar-refractivity contribution in [3.05, 3.63) is 47.5 Å². The van der Waals surface area contributed by atoms with Crippen molar-refractivity contribution in [1.29, 1.82) is 0 Å². The first-order valence-corrected chi connectivity index (χ1v) is 11.0. The molecule has 0 radical (unpaired) electrons. The first-order valence-electron chi connectivity index (χ1n) is 9.02. The van der Waals surface area contributed by atoms with Crippen LogP contribution in [0.5, 0.6) is 11.5 Å². The number of nitrogens with zero attached hydrogens (tertiary/aromatic N) is 3. The van der Waals surface area contributed by atoms with Crippen molar-refractivity contribution >= 4 is 51.8 Å². The van der Waals surface area contributed by atoms with E-state index in [0.29, 0.717) is 16.7 Å². The van der Waals surface area contributed by atoms with Gasteiger partial charge in [0, 0.05) is 17.4 Å². The zero-order valence-electron chi connectivity index (χ0n) is 16.3. The number of hydrogen-bond donors (Lipinski definition) is 2. The van der Waals surface area contributed by atoms with Crippen LogP contribution in [0.3, 0.4) is 0 Å². The lowest BCUT2D eigenvalue weighted by atomic mass is 10.1. The SMILES string of the molecule is COc1ccc2nc(SCc3cc(C=NN=C4NC(=O)CS4)ccc3OC)[nH]c2c1. The Morgan fingerprint density at radius 1 is 1.23 bits per heavy atom. The topological polar surface area (TPSA) is 101 Å². The lowest BCUT2D eigenvalue weighted by Gasteiger charge is -2.08. The third-order valence-corrected chi connectivity index (χ3v) is 6.06. The molecular weight excluding hydrogens is 422 g/mol. The maximum absolute atomic E-state index is 11.2. The van der Waals surface area contributed by atoms with E-state index < -0.39 is 0 Å². The number of fused-ring (bicyclic) bond motifs is 1. The number of ether oxygens (including phenoxy) is 2. The second-order valence-electron chi connectivity index (χ2n) is 6.27. The first-order chi connectivity index (χ1) is 14.6. The number of thioether (sulfide) groups is 2. The molecule has 154 valence electrons. The molecule has 2 heterocycles. The highest BCUT2D eigenvalue weighted by atomic mass is 32.2. The molecule has 0 spiro atoms. The molecule has 2 N–H and O–H groups in total. The number of benzene rings is 2. The van der Waals surface area contributed by atoms with E-state index in [2.05, 4.69) is 25.5 Å². The van der Waals surface area contributed by atoms with E-state index in [1.165, 1.54) is 11.8 Å². The van der Waals surface area contributed by atoms with Gasteiger partial charge in [-0.15, -0.1) is 5.10 Å². The van der Waals surface area contributed by atoms with Gasteiger partial charge in [0.1, 0.15) is 11.5 Å². The number of amidine groups is 1. The second kappa shape index (κ2) is 9.23. The smallest absolute Gasteiger partial charge is 0.236 e. The van der Waals surface area contributed by atoms with Crippen molar-refractivity contribution in [3.63, 3.8) is 0 Å². The minimum atomic E-state index is -0.0539. The fourth-order valence-electron chi connectivity index (χ4n) is 2.83. The van der Waals surface area contributed by atoms with Gasteiger partial charge in [0.05, 0.1) is 37.2 Å². The normalized spacial score (nSPS) is 15.3. The summed E-state index contributed by atoms with van der Waals surface area (Å²) >= 11 is 2.92. The van der Waals surface area contributed by atoms with Gasteiger partial charge in [-0.05, 0) is 35.9 Å². The number of imidazole rings is 1. The highest BCUT2D eigenvalue weighted by Gasteiger charge is 2.16. The van der Waals surface area contributed by atoms with E-state index in [4.69, 9.17) is 9.47 Å². The summed E-state index contributed by atoms with van der Waals surface area (Å²) in [7, 11) is 3.29. The molecule has 2 aromatic carbocycles. The summed E-state index contributed by atoms with van der Waals surface area (Å²) in [6.45, 7) is 0. The minimum absolute atomic E-state index is 0.0539. The van der Waals surface area contributed by atoms with E-state index in [1.54, 1.807) is 32.2 Å². The predicted octanol–water partition coefficient (Wildman–Crippen LogP) is 3.43. The zero-order valence-corrected chi connectivity index (χ0v) is 18.0. The Morgan fingerprint density at radius 2 is 2.13 bits per heavy atom. The average Bonchev–Trinajstić information content (AvgIpc) is 3.37. The number of aromatic nitrogens is 2. The van der Waals surface area contributed by atoms with Gasteiger partial charge in [0.15, 0.2) is 10.3 Å². The Kier molecular flexibility index (Phi) is 6.24. The van der Waals surface area contributed by atoms with Gasteiger partial charge in [-0.3, -0.25) is 4.79 Å². The van der Waals surface area contributed by atoms with Gasteiger partial charge in [-0.25, -0.2) is 4.98 Å². The van der Waals surface area contributed by atoms with Crippen molar-refractivity contribution in [2.75, 3.05) is 20.0 Å². The standard InChI is InChI=1S/C20H19N5O3S2/c1-27-14-4-5-15-16(8-14)23-19(22-15)29-10-13-7-12(3-6-17(13)28-2)9-21-25-20-24-18(26)11-30-20/h3-9H,10-11H2,1-2H3,(H,22,23)(H,24,25,26). The van der Waals surface area contributed by atoms with E-state index in [-0.39, 0.29) is 5.91 Å². The molecule has 1 aliphatic heterocycles. The summed E-state index contributed by atoms with van der Waals surface area (Å²) in [5, 5.41) is 12.1. The van der Waals surface area contributed by atoms with Gasteiger partial charge in [-0.1, -0.05) is 23.5 Å². The summed E-state index contributed by atoms with van der Waals surface area (Å²) in [4.78, 5) is 19.1. The number of hydrogen-bond acceptors (Lipinski definition) is 8. The van der Waals surface area contributed by atoms with Crippen LogP contribution < -0.4 is 14.8 Å². The van der Waals surface area contributed by atoms with Crippen LogP contribution in [0.25, 0.3) is 11.0 Å². The second-order valence-corrected chi connectivity index (χ2v) is 8.20. The van der Waals surface area contributed by atoms with Gasteiger partial charge < -0.3 is 19.8 Å². The van der Waals surface area contributed by atoms with E-state index in [1.807, 2.05) is 36.4 Å². The Morgan fingerprint density at radius 3 is 2.90 bits per heavy atom. The largest absolute Gasteiger partial charge is 0.497 e. The molecule has 0 aliphatic carbocycles. The highest BCUT2D eigenvalue weighted by Crippen LogP contribution is 2.29. The number of carbonyl (C=O) groups is 1. The molecule has 30 heavy (non-hydrogen) atoms. The van der Waals surface area contributed by atoms with E-state index in [9.17, 15) is 4.79 Å². The van der Waals surface area contributed by atoms with Crippen LogP contribution in [0.2, 0.25) is 0 Å². The Hall–Kier alpha value is -2.98. The van der Waals surface area contributed by atoms with Gasteiger partial charge >= 0.3 is 0 Å². The predicted molar refractivity (Wildman–Crippen MR) is 121 cm³/mol. The molecule has 1 fully saturated rings. The molecule has 0 saturated carbocycles. The molecule has 8 nitrogen and oxygen atoms in total. The molecule has 0 unspecified atom stereocenters. The summed E-state index contributed by atoms with van der Waals surface area (Å²) < 4.78 is 10.8. The van der Waals surface area contributed by atoms with Gasteiger partial charge in [-0.2, -0.15) is 5.10 Å². The molecule has 1 aromatic heterocycles. The molecule has 0 bridgehead atoms. The number of carbonyl (C=O) groups excluding carboxylic acids is 1. The fourth-order valence-corrected chi connectivity index (χ4v) is 4.32. The van der Waals surface area contributed by atoms with Gasteiger partial charge in [0.25, 0.3) is 0 Å². The zero-order chi connectivity index (χ0) is 20.9. The van der Waals surface area contributed by atoms with Crippen molar-refractivity contribution in [2.45, 2.75) is 10.9 Å². The Labute approximate surface area is 181 Å². The van der Waals surface area contributed by atoms with Crippen LogP contribution in [-0.2, 0) is 10.5 Å². The number of amides is 1. The van der Waals surface area contributed by atoms with Gasteiger partial charge in [0.2, 0.25) is 5.91 Å². The van der Waals surface area contributed by atoms with Crippen molar-refractivity contribution in [1.82, 2.24) is 15.3 Å². The molecule has 1 saturated heterocycles. The maximum Gasteiger partial charge on any atom is 0.236 e. The van der Waals surface area contributed by atoms with Crippen LogP contribution in [0.4, 0.5) is 0 Å². The quantitative estimate of drug-likeness (QED) is 0.331. The summed E-state index contributed by atoms with van der Waals surface area (Å²) in [6.07, 6.45) is 1.65. The summed E-state index contributed by atoms with van der Waals surface area (Å²) in [6, 6.07) is 11.6. The number of methoxy groups -OCH3 is 2. The van der Waals surface area contributed by atoms with Crippen LogP contribution in [0.1, 0.15) is 11.1 Å². The fraction of sp³-hybridized carbons (Fsp3) is 0.200. The molecule has 10 heteroatoms. The summed E-state index contributed by atoms with van der Waals surface area (Å²) in [5.74, 6) is 2.58. The third kappa shape index (κ3) is 4.77. The highest BCUT2D eigenvalue weighted by molar-refractivity contribution is 8.15. The van der Waals surface area contributed by atoms with Crippen molar-refractivity contribution < 1.29 is 14.3 Å². The van der Waals surface area contributed by atoms with Crippen LogP contribution >= 0.6 is 23.5 Å². The first kappa shape index (κ1) is 20.3. The molecule has 1 amide bonds. The minimum Gasteiger partial charge on any atom is -0.497 e. The number of nitrogens with one attached hydrogen (secondary N) is 2. The lowest BCUT2D eigenvalue weighted by molar-refractivity contribution is -0.116. The average molecular weight is 442 g/mol. The third-order valence-electron chi connectivity index (χ3n) is 4.28. The van der Waals surface area contributed by atoms with Crippen LogP contribution in [-0.4, -0.2) is 47.2 Å². The number of rotatable bonds is 7. The molecule has 4 rings (SSSR count). The van der Waals surface area contributed by atoms with Crippen molar-refractivity contribution in [3.8, 4) is 11.5 Å². The Balaban J connectivity index is 1.47. The lowest BCUT2D eigenvalue weighted by Crippen LogP contribution is -2.19. The maximum atomic E-state index is 11.2. The van der Waals surface area contributed by atoms with Crippen LogP contribution in [0.15, 0.2) is 51.8 Å². The molecule has 0 atom stereocenters. The van der Waals surface area contributed by atoms with E-state index in [0.717, 1.165) is 38.8 Å². The molecule has 3 aromatic rings. The van der Waals surface area contributed by atoms with Crippen molar-refractivity contribution in [2.24, 2.45) is 10.2 Å². The van der Waals surface area contributed by atoms with Crippen LogP contribution in [0, 0.1) is 0 Å². The van der Waals surface area contributed by atoms with E-state index >= 15 is 0 Å².